The molecule has 0 bridgehead atoms. The van der Waals surface area contributed by atoms with Crippen molar-refractivity contribution in [2.75, 3.05) is 5.32 Å². The van der Waals surface area contributed by atoms with E-state index >= 15 is 0 Å². The molecule has 8 nitrogen and oxygen atoms in total. The summed E-state index contributed by atoms with van der Waals surface area (Å²) in [6, 6.07) is 21.1. The van der Waals surface area contributed by atoms with Gasteiger partial charge in [-0.25, -0.2) is 9.59 Å². The number of carboxylic acids is 1. The molecule has 168 valence electrons. The minimum Gasteiger partial charge on any atom is -0.546 e. The standard InChI is InChI=1S/C24H18ClNO7/c25-17-11-13-18(14-12-17)26-21(27)19(32-23(30)15-7-3-1-4-8-15)20(22(28)29)33-24(31)16-9-5-2-6-10-16/h1-14,19-20H,(H,26,27)(H,28,29)/p-1/t19-,20+/m1/s1. The van der Waals surface area contributed by atoms with E-state index in [-0.39, 0.29) is 16.8 Å². The first kappa shape index (κ1) is 23.5. The van der Waals surface area contributed by atoms with E-state index in [1.54, 1.807) is 36.4 Å². The van der Waals surface area contributed by atoms with Crippen molar-refractivity contribution in [1.82, 2.24) is 0 Å². The van der Waals surface area contributed by atoms with Crippen LogP contribution in [-0.4, -0.2) is 36.0 Å². The summed E-state index contributed by atoms with van der Waals surface area (Å²) in [6.45, 7) is 0. The van der Waals surface area contributed by atoms with E-state index in [4.69, 9.17) is 21.1 Å². The molecule has 33 heavy (non-hydrogen) atoms. The first-order valence-electron chi connectivity index (χ1n) is 9.64. The van der Waals surface area contributed by atoms with Crippen molar-refractivity contribution in [2.45, 2.75) is 12.2 Å². The Bertz CT molecular complexity index is 1130. The van der Waals surface area contributed by atoms with Gasteiger partial charge in [0.1, 0.15) is 0 Å². The number of nitrogens with one attached hydrogen (secondary N) is 1. The van der Waals surface area contributed by atoms with Crippen LogP contribution in [0.2, 0.25) is 5.02 Å². The Kier molecular flexibility index (Phi) is 7.77. The van der Waals surface area contributed by atoms with E-state index < -0.39 is 36.0 Å². The summed E-state index contributed by atoms with van der Waals surface area (Å²) in [4.78, 5) is 49.8. The number of carbonyl (C=O) groups excluding carboxylic acids is 4. The summed E-state index contributed by atoms with van der Waals surface area (Å²) in [5, 5.41) is 14.7. The average Bonchev–Trinajstić information content (AvgIpc) is 2.83. The number of halogens is 1. The second-order valence-corrected chi connectivity index (χ2v) is 7.14. The number of ether oxygens (including phenoxy) is 2. The normalized spacial score (nSPS) is 12.2. The fraction of sp³-hybridized carbons (Fsp3) is 0.0833. The molecule has 0 aliphatic carbocycles. The Morgan fingerprint density at radius 1 is 0.697 bits per heavy atom. The van der Waals surface area contributed by atoms with Crippen LogP contribution in [0.5, 0.6) is 0 Å². The molecule has 0 heterocycles. The monoisotopic (exact) mass is 466 g/mol. The second kappa shape index (κ2) is 10.9. The molecular formula is C24H17ClNO7-. The molecule has 0 aromatic heterocycles. The predicted octanol–water partition coefficient (Wildman–Crippen LogP) is 2.48. The number of anilines is 1. The smallest absolute Gasteiger partial charge is 0.339 e. The van der Waals surface area contributed by atoms with Crippen molar-refractivity contribution in [3.8, 4) is 0 Å². The molecule has 2 atom stereocenters. The van der Waals surface area contributed by atoms with E-state index in [0.717, 1.165) is 0 Å². The van der Waals surface area contributed by atoms with Gasteiger partial charge in [-0.05, 0) is 48.5 Å². The highest BCUT2D eigenvalue weighted by atomic mass is 35.5. The molecule has 0 saturated carbocycles. The number of rotatable bonds is 8. The Balaban J connectivity index is 1.89. The van der Waals surface area contributed by atoms with Gasteiger partial charge in [0, 0.05) is 10.7 Å². The molecule has 3 aromatic rings. The van der Waals surface area contributed by atoms with E-state index in [0.29, 0.717) is 5.02 Å². The van der Waals surface area contributed by atoms with Gasteiger partial charge in [0.25, 0.3) is 5.91 Å². The summed E-state index contributed by atoms with van der Waals surface area (Å²) >= 11 is 5.83. The van der Waals surface area contributed by atoms with Crippen LogP contribution < -0.4 is 10.4 Å². The van der Waals surface area contributed by atoms with Crippen LogP contribution in [0.25, 0.3) is 0 Å². The van der Waals surface area contributed by atoms with Gasteiger partial charge >= 0.3 is 11.9 Å². The zero-order valence-electron chi connectivity index (χ0n) is 17.0. The Labute approximate surface area is 193 Å². The second-order valence-electron chi connectivity index (χ2n) is 6.70. The van der Waals surface area contributed by atoms with Crippen LogP contribution in [0.3, 0.4) is 0 Å². The van der Waals surface area contributed by atoms with Crippen LogP contribution in [0, 0.1) is 0 Å². The van der Waals surface area contributed by atoms with Gasteiger partial charge in [-0.15, -0.1) is 0 Å². The zero-order valence-corrected chi connectivity index (χ0v) is 17.7. The fourth-order valence-electron chi connectivity index (χ4n) is 2.75. The predicted molar refractivity (Wildman–Crippen MR) is 116 cm³/mol. The van der Waals surface area contributed by atoms with Crippen LogP contribution in [0.1, 0.15) is 20.7 Å². The topological polar surface area (TPSA) is 122 Å². The van der Waals surface area contributed by atoms with E-state index in [2.05, 4.69) is 5.32 Å². The highest BCUT2D eigenvalue weighted by Gasteiger charge is 2.37. The van der Waals surface area contributed by atoms with Crippen LogP contribution in [-0.2, 0) is 19.1 Å². The minimum atomic E-state index is -2.22. The van der Waals surface area contributed by atoms with Gasteiger partial charge in [0.2, 0.25) is 6.10 Å². The third kappa shape index (κ3) is 6.41. The van der Waals surface area contributed by atoms with Gasteiger partial charge in [0.05, 0.1) is 17.1 Å². The quantitative estimate of drug-likeness (QED) is 0.506. The molecule has 0 saturated heterocycles. The summed E-state index contributed by atoms with van der Waals surface area (Å²) < 4.78 is 10.2. The number of hydrogen-bond donors (Lipinski definition) is 1. The lowest BCUT2D eigenvalue weighted by atomic mass is 10.1. The molecule has 9 heteroatoms. The van der Waals surface area contributed by atoms with Crippen LogP contribution in [0.15, 0.2) is 84.9 Å². The Morgan fingerprint density at radius 3 is 1.61 bits per heavy atom. The molecule has 3 aromatic carbocycles. The SMILES string of the molecule is O=C(O[C@H](C(=O)[O-])[C@@H](OC(=O)c1ccccc1)C(=O)Nc1ccc(Cl)cc1)c1ccccc1. The maximum atomic E-state index is 12.9. The molecule has 1 N–H and O–H groups in total. The van der Waals surface area contributed by atoms with Gasteiger partial charge in [0.15, 0.2) is 6.10 Å². The molecule has 0 fully saturated rings. The summed E-state index contributed by atoms with van der Waals surface area (Å²) in [5.74, 6) is -4.99. The summed E-state index contributed by atoms with van der Waals surface area (Å²) in [5.41, 5.74) is 0.347. The zero-order chi connectivity index (χ0) is 23.8. The fourth-order valence-corrected chi connectivity index (χ4v) is 2.87. The van der Waals surface area contributed by atoms with Crippen molar-refractivity contribution >= 4 is 41.1 Å². The lowest BCUT2D eigenvalue weighted by Gasteiger charge is -2.27. The summed E-state index contributed by atoms with van der Waals surface area (Å²) in [7, 11) is 0. The van der Waals surface area contributed by atoms with Crippen molar-refractivity contribution in [3.05, 3.63) is 101 Å². The number of carboxylic acid groups (broad SMARTS) is 1. The molecule has 0 unspecified atom stereocenters. The molecule has 0 spiro atoms. The maximum Gasteiger partial charge on any atom is 0.339 e. The first-order valence-corrected chi connectivity index (χ1v) is 10.0. The molecule has 0 radical (unpaired) electrons. The van der Waals surface area contributed by atoms with E-state index in [1.165, 1.54) is 48.5 Å². The first-order chi connectivity index (χ1) is 15.8. The van der Waals surface area contributed by atoms with Crippen molar-refractivity contribution in [3.63, 3.8) is 0 Å². The van der Waals surface area contributed by atoms with Crippen molar-refractivity contribution in [2.24, 2.45) is 0 Å². The van der Waals surface area contributed by atoms with Crippen LogP contribution >= 0.6 is 11.6 Å². The average molecular weight is 467 g/mol. The van der Waals surface area contributed by atoms with Crippen molar-refractivity contribution < 1.29 is 33.8 Å². The Morgan fingerprint density at radius 2 is 1.15 bits per heavy atom. The highest BCUT2D eigenvalue weighted by Crippen LogP contribution is 2.17. The highest BCUT2D eigenvalue weighted by molar-refractivity contribution is 6.30. The van der Waals surface area contributed by atoms with Crippen molar-refractivity contribution in [1.29, 1.82) is 0 Å². The van der Waals surface area contributed by atoms with E-state index in [1.807, 2.05) is 0 Å². The third-order valence-electron chi connectivity index (χ3n) is 4.36. The Hall–Kier alpha value is -4.17. The number of aliphatic carboxylic acids is 1. The molecule has 1 amide bonds. The molecule has 0 aliphatic heterocycles. The third-order valence-corrected chi connectivity index (χ3v) is 4.62. The van der Waals surface area contributed by atoms with Gasteiger partial charge in [-0.3, -0.25) is 4.79 Å². The van der Waals surface area contributed by atoms with Crippen LogP contribution in [0.4, 0.5) is 5.69 Å². The van der Waals surface area contributed by atoms with E-state index in [9.17, 15) is 24.3 Å². The lowest BCUT2D eigenvalue weighted by molar-refractivity contribution is -0.317. The number of benzene rings is 3. The summed E-state index contributed by atoms with van der Waals surface area (Å²) in [6.07, 6.45) is -4.27. The number of carbonyl (C=O) groups is 4. The molecular weight excluding hydrogens is 450 g/mol. The molecule has 3 rings (SSSR count). The minimum absolute atomic E-state index is 0.0370. The van der Waals surface area contributed by atoms with Gasteiger partial charge in [-0.1, -0.05) is 48.0 Å². The number of amides is 1. The van der Waals surface area contributed by atoms with Gasteiger partial charge in [-0.2, -0.15) is 0 Å². The number of hydrogen-bond acceptors (Lipinski definition) is 7. The maximum absolute atomic E-state index is 12.9. The number of esters is 2. The lowest BCUT2D eigenvalue weighted by Crippen LogP contribution is -2.52. The largest absolute Gasteiger partial charge is 0.546 e. The van der Waals surface area contributed by atoms with Gasteiger partial charge < -0.3 is 24.7 Å². The molecule has 0 aliphatic rings.